The van der Waals surface area contributed by atoms with Crippen molar-refractivity contribution in [1.82, 2.24) is 0 Å². The lowest BCUT2D eigenvalue weighted by molar-refractivity contribution is -0.926. The van der Waals surface area contributed by atoms with Crippen LogP contribution in [0.4, 0.5) is 0 Å². The molecule has 1 saturated heterocycles. The van der Waals surface area contributed by atoms with E-state index >= 15 is 0 Å². The molecule has 1 aliphatic heterocycles. The van der Waals surface area contributed by atoms with Gasteiger partial charge in [0.25, 0.3) is 0 Å². The summed E-state index contributed by atoms with van der Waals surface area (Å²) in [4.78, 5) is 0. The molecule has 0 saturated carbocycles. The predicted molar refractivity (Wildman–Crippen MR) is 52.1 cm³/mol. The van der Waals surface area contributed by atoms with E-state index in [1.807, 2.05) is 6.92 Å². The molecule has 0 aliphatic carbocycles. The fourth-order valence-corrected chi connectivity index (χ4v) is 3.27. The molecule has 6 heteroatoms. The summed E-state index contributed by atoms with van der Waals surface area (Å²) in [6.07, 6.45) is 1.33. The van der Waals surface area contributed by atoms with E-state index in [0.29, 0.717) is 19.8 Å². The van der Waals surface area contributed by atoms with Crippen molar-refractivity contribution in [1.29, 1.82) is 0 Å². The van der Waals surface area contributed by atoms with Gasteiger partial charge >= 0.3 is 10.1 Å². The number of hydrogen-bond donors (Lipinski definition) is 1. The lowest BCUT2D eigenvalue weighted by Crippen LogP contribution is -2.52. The Hall–Kier alpha value is -0.170. The third kappa shape index (κ3) is 2.44. The fraction of sp³-hybridized carbons (Fsp3) is 1.00. The summed E-state index contributed by atoms with van der Waals surface area (Å²) in [5.41, 5.74) is 0. The Balaban J connectivity index is 2.76. The zero-order valence-corrected chi connectivity index (χ0v) is 9.46. The van der Waals surface area contributed by atoms with Gasteiger partial charge in [-0.25, -0.2) is 0 Å². The van der Waals surface area contributed by atoms with Crippen molar-refractivity contribution >= 4 is 10.1 Å². The average molecular weight is 224 g/mol. The zero-order chi connectivity index (χ0) is 10.8. The van der Waals surface area contributed by atoms with Crippen molar-refractivity contribution in [2.45, 2.75) is 25.1 Å². The molecular weight excluding hydrogens is 206 g/mol. The van der Waals surface area contributed by atoms with Crippen LogP contribution in [-0.4, -0.2) is 49.8 Å². The van der Waals surface area contributed by atoms with Gasteiger partial charge in [-0.05, 0) is 6.92 Å². The van der Waals surface area contributed by atoms with Gasteiger partial charge < -0.3 is 4.74 Å². The number of ether oxygens (including phenoxy) is 1. The number of rotatable bonds is 4. The minimum atomic E-state index is -3.95. The van der Waals surface area contributed by atoms with Crippen LogP contribution < -0.4 is 0 Å². The number of hydrogen-bond acceptors (Lipinski definition) is 3. The van der Waals surface area contributed by atoms with E-state index in [1.165, 1.54) is 0 Å². The first-order valence-corrected chi connectivity index (χ1v) is 6.29. The van der Waals surface area contributed by atoms with Gasteiger partial charge in [0.05, 0.1) is 13.6 Å². The van der Waals surface area contributed by atoms with Gasteiger partial charge in [-0.1, -0.05) is 0 Å². The molecule has 0 spiro atoms. The van der Waals surface area contributed by atoms with Crippen LogP contribution in [0.5, 0.6) is 0 Å². The standard InChI is InChI=1S/C8H17NO4S/c1-3-13-7-9(2)6-4-5-8(9)14(10,11)12/h8H,3-7H2,1-2H3/p+1. The van der Waals surface area contributed by atoms with Gasteiger partial charge in [-0.15, -0.1) is 0 Å². The first-order chi connectivity index (χ1) is 6.40. The van der Waals surface area contributed by atoms with Gasteiger partial charge in [-0.3, -0.25) is 9.04 Å². The highest BCUT2D eigenvalue weighted by Gasteiger charge is 2.46. The first kappa shape index (κ1) is 11.9. The highest BCUT2D eigenvalue weighted by molar-refractivity contribution is 7.86. The molecule has 1 fully saturated rings. The van der Waals surface area contributed by atoms with Crippen molar-refractivity contribution in [2.75, 3.05) is 26.9 Å². The maximum Gasteiger partial charge on any atom is 0.319 e. The summed E-state index contributed by atoms with van der Waals surface area (Å²) >= 11 is 0. The van der Waals surface area contributed by atoms with Crippen LogP contribution >= 0.6 is 0 Å². The molecule has 0 aromatic heterocycles. The molecule has 1 rings (SSSR count). The largest absolute Gasteiger partial charge is 0.332 e. The molecule has 14 heavy (non-hydrogen) atoms. The lowest BCUT2D eigenvalue weighted by atomic mass is 10.4. The topological polar surface area (TPSA) is 63.6 Å². The minimum absolute atomic E-state index is 0.271. The maximum absolute atomic E-state index is 11.1. The smallest absolute Gasteiger partial charge is 0.319 e. The SMILES string of the molecule is CCOC[N+]1(C)CCCC1S(=O)(=O)O. The Kier molecular flexibility index (Phi) is 3.52. The molecule has 0 radical (unpaired) electrons. The maximum atomic E-state index is 11.1. The summed E-state index contributed by atoms with van der Waals surface area (Å²) in [7, 11) is -2.14. The number of nitrogens with zero attached hydrogens (tertiary/aromatic N) is 1. The van der Waals surface area contributed by atoms with E-state index in [-0.39, 0.29) is 4.48 Å². The van der Waals surface area contributed by atoms with Gasteiger partial charge in [0, 0.05) is 19.4 Å². The number of likely N-dealkylation sites (tertiary alicyclic amines) is 1. The predicted octanol–water partition coefficient (Wildman–Crippen LogP) is 0.435. The third-order valence-electron chi connectivity index (χ3n) is 2.75. The average Bonchev–Trinajstić information content (AvgIpc) is 2.44. The fourth-order valence-electron chi connectivity index (χ4n) is 2.00. The molecule has 0 bridgehead atoms. The summed E-state index contributed by atoms with van der Waals surface area (Å²) in [6.45, 7) is 3.52. The third-order valence-corrected chi connectivity index (χ3v) is 4.18. The monoisotopic (exact) mass is 224 g/mol. The normalized spacial score (nSPS) is 33.5. The molecule has 5 nitrogen and oxygen atoms in total. The van der Waals surface area contributed by atoms with Crippen molar-refractivity contribution in [3.63, 3.8) is 0 Å². The van der Waals surface area contributed by atoms with E-state index in [4.69, 9.17) is 9.29 Å². The highest BCUT2D eigenvalue weighted by atomic mass is 32.2. The van der Waals surface area contributed by atoms with Gasteiger partial charge in [0.15, 0.2) is 6.73 Å². The summed E-state index contributed by atoms with van der Waals surface area (Å²) < 4.78 is 36.8. The van der Waals surface area contributed by atoms with Crippen LogP contribution in [0, 0.1) is 0 Å². The van der Waals surface area contributed by atoms with E-state index in [2.05, 4.69) is 0 Å². The zero-order valence-electron chi connectivity index (χ0n) is 8.64. The van der Waals surface area contributed by atoms with Crippen LogP contribution in [0.3, 0.4) is 0 Å². The Bertz CT molecular complexity index is 290. The second-order valence-electron chi connectivity index (χ2n) is 3.94. The van der Waals surface area contributed by atoms with Crippen LogP contribution in [0.15, 0.2) is 0 Å². The molecule has 2 atom stereocenters. The number of quaternary nitrogens is 1. The molecule has 1 aliphatic rings. The van der Waals surface area contributed by atoms with Gasteiger partial charge in [0.1, 0.15) is 0 Å². The summed E-state index contributed by atoms with van der Waals surface area (Å²) in [6, 6.07) is 0. The molecule has 2 unspecified atom stereocenters. The molecule has 1 N–H and O–H groups in total. The summed E-state index contributed by atoms with van der Waals surface area (Å²) in [5, 5.41) is -0.714. The van der Waals surface area contributed by atoms with Crippen LogP contribution in [0.1, 0.15) is 19.8 Å². The van der Waals surface area contributed by atoms with Crippen molar-refractivity contribution in [3.8, 4) is 0 Å². The Morgan fingerprint density at radius 3 is 2.71 bits per heavy atom. The molecule has 84 valence electrons. The summed E-state index contributed by atoms with van der Waals surface area (Å²) in [5.74, 6) is 0. The van der Waals surface area contributed by atoms with Crippen LogP contribution in [-0.2, 0) is 14.9 Å². The second-order valence-corrected chi connectivity index (χ2v) is 5.51. The second kappa shape index (κ2) is 4.14. The van der Waals surface area contributed by atoms with E-state index in [9.17, 15) is 8.42 Å². The van der Waals surface area contributed by atoms with Crippen molar-refractivity contribution in [3.05, 3.63) is 0 Å². The first-order valence-electron chi connectivity index (χ1n) is 4.78. The van der Waals surface area contributed by atoms with Crippen molar-refractivity contribution in [2.24, 2.45) is 0 Å². The Morgan fingerprint density at radius 2 is 2.21 bits per heavy atom. The van der Waals surface area contributed by atoms with Crippen molar-refractivity contribution < 1.29 is 22.2 Å². The van der Waals surface area contributed by atoms with E-state index in [1.54, 1.807) is 7.05 Å². The van der Waals surface area contributed by atoms with Crippen LogP contribution in [0.25, 0.3) is 0 Å². The van der Waals surface area contributed by atoms with Crippen LogP contribution in [0.2, 0.25) is 0 Å². The molecule has 0 aromatic rings. The Morgan fingerprint density at radius 1 is 1.57 bits per heavy atom. The quantitative estimate of drug-likeness (QED) is 0.556. The Labute approximate surface area is 85.0 Å². The molecule has 0 aromatic carbocycles. The van der Waals surface area contributed by atoms with E-state index in [0.717, 1.165) is 13.0 Å². The highest BCUT2D eigenvalue weighted by Crippen LogP contribution is 2.27. The van der Waals surface area contributed by atoms with E-state index < -0.39 is 15.5 Å². The van der Waals surface area contributed by atoms with Gasteiger partial charge in [0.2, 0.25) is 5.37 Å². The lowest BCUT2D eigenvalue weighted by Gasteiger charge is -2.33. The molecule has 0 amide bonds. The molecule has 1 heterocycles. The minimum Gasteiger partial charge on any atom is -0.332 e. The molecular formula is C8H18NO4S+. The van der Waals surface area contributed by atoms with Gasteiger partial charge in [-0.2, -0.15) is 8.42 Å².